The second-order valence-electron chi connectivity index (χ2n) is 4.35. The first-order valence-electron chi connectivity index (χ1n) is 5.86. The summed E-state index contributed by atoms with van der Waals surface area (Å²) >= 11 is 0. The van der Waals surface area contributed by atoms with Gasteiger partial charge in [-0.2, -0.15) is 0 Å². The van der Waals surface area contributed by atoms with Crippen LogP contribution in [0.15, 0.2) is 17.2 Å². The highest BCUT2D eigenvalue weighted by Crippen LogP contribution is 2.12. The van der Waals surface area contributed by atoms with Gasteiger partial charge in [-0.25, -0.2) is 15.0 Å². The van der Waals surface area contributed by atoms with Gasteiger partial charge in [0.1, 0.15) is 0 Å². The van der Waals surface area contributed by atoms with E-state index in [0.717, 1.165) is 29.8 Å². The van der Waals surface area contributed by atoms with Crippen molar-refractivity contribution in [3.8, 4) is 11.6 Å². The minimum atomic E-state index is -0.105. The quantitative estimate of drug-likeness (QED) is 0.746. The number of hydrogen-bond acceptors (Lipinski definition) is 5. The van der Waals surface area contributed by atoms with Crippen molar-refractivity contribution in [1.82, 2.24) is 25.3 Å². The fourth-order valence-electron chi connectivity index (χ4n) is 1.97. The summed E-state index contributed by atoms with van der Waals surface area (Å²) in [6, 6.07) is 0. The van der Waals surface area contributed by atoms with Crippen molar-refractivity contribution >= 4 is 0 Å². The van der Waals surface area contributed by atoms with E-state index in [4.69, 9.17) is 0 Å². The molecular weight excluding hydrogens is 230 g/mol. The summed E-state index contributed by atoms with van der Waals surface area (Å²) in [4.78, 5) is 27.5. The van der Waals surface area contributed by atoms with Crippen molar-refractivity contribution in [3.63, 3.8) is 0 Å². The molecule has 3 heterocycles. The summed E-state index contributed by atoms with van der Waals surface area (Å²) < 4.78 is 0. The molecule has 0 spiro atoms. The molecule has 0 aliphatic carbocycles. The molecule has 0 bridgehead atoms. The Hall–Kier alpha value is -2.08. The average molecular weight is 243 g/mol. The molecule has 0 saturated heterocycles. The number of nitrogens with zero attached hydrogens (tertiary/aromatic N) is 3. The Labute approximate surface area is 104 Å². The van der Waals surface area contributed by atoms with E-state index in [9.17, 15) is 4.79 Å². The van der Waals surface area contributed by atoms with Crippen LogP contribution in [0.2, 0.25) is 0 Å². The largest absolute Gasteiger partial charge is 0.312 e. The summed E-state index contributed by atoms with van der Waals surface area (Å²) in [7, 11) is 0. The van der Waals surface area contributed by atoms with Crippen LogP contribution in [-0.2, 0) is 13.0 Å². The van der Waals surface area contributed by atoms with Gasteiger partial charge in [0.05, 0.1) is 11.3 Å². The van der Waals surface area contributed by atoms with Crippen molar-refractivity contribution in [2.45, 2.75) is 19.9 Å². The van der Waals surface area contributed by atoms with Crippen LogP contribution in [-0.4, -0.2) is 26.5 Å². The number of aromatic amines is 1. The number of H-pyrrole nitrogens is 1. The molecule has 0 unspecified atom stereocenters. The van der Waals surface area contributed by atoms with E-state index in [1.165, 1.54) is 0 Å². The molecule has 2 N–H and O–H groups in total. The molecule has 2 aromatic heterocycles. The first kappa shape index (κ1) is 11.0. The SMILES string of the molecule is Cc1cnc(-c2nc3c(c(=O)[nH]2)CNCC3)nc1. The van der Waals surface area contributed by atoms with Gasteiger partial charge >= 0.3 is 0 Å². The minimum Gasteiger partial charge on any atom is -0.312 e. The molecule has 2 aromatic rings. The van der Waals surface area contributed by atoms with Crippen molar-refractivity contribution < 1.29 is 0 Å². The number of hydrogen-bond donors (Lipinski definition) is 2. The third-order valence-electron chi connectivity index (χ3n) is 2.93. The molecule has 18 heavy (non-hydrogen) atoms. The second-order valence-corrected chi connectivity index (χ2v) is 4.35. The Balaban J connectivity index is 2.11. The molecule has 1 aliphatic rings. The Kier molecular flexibility index (Phi) is 2.64. The number of aromatic nitrogens is 4. The fraction of sp³-hybridized carbons (Fsp3) is 0.333. The van der Waals surface area contributed by atoms with Crippen LogP contribution in [0.4, 0.5) is 0 Å². The van der Waals surface area contributed by atoms with Gasteiger partial charge in [0.25, 0.3) is 5.56 Å². The highest BCUT2D eigenvalue weighted by atomic mass is 16.1. The molecule has 0 aromatic carbocycles. The zero-order valence-corrected chi connectivity index (χ0v) is 10.0. The first-order valence-corrected chi connectivity index (χ1v) is 5.86. The zero-order valence-electron chi connectivity index (χ0n) is 10.0. The number of aryl methyl sites for hydroxylation is 1. The molecule has 0 amide bonds. The van der Waals surface area contributed by atoms with Crippen LogP contribution >= 0.6 is 0 Å². The van der Waals surface area contributed by atoms with E-state index in [1.807, 2.05) is 6.92 Å². The third-order valence-corrected chi connectivity index (χ3v) is 2.93. The van der Waals surface area contributed by atoms with Crippen molar-refractivity contribution in [2.75, 3.05) is 6.54 Å². The average Bonchev–Trinajstić information content (AvgIpc) is 2.39. The maximum atomic E-state index is 11.9. The standard InChI is InChI=1S/C12H13N5O/c1-7-4-14-10(15-5-7)11-16-9-2-3-13-6-8(9)12(18)17-11/h4-5,13H,2-3,6H2,1H3,(H,16,17,18). The summed E-state index contributed by atoms with van der Waals surface area (Å²) in [6.45, 7) is 3.34. The van der Waals surface area contributed by atoms with E-state index in [2.05, 4.69) is 25.3 Å². The minimum absolute atomic E-state index is 0.105. The van der Waals surface area contributed by atoms with Crippen molar-refractivity contribution in [1.29, 1.82) is 0 Å². The third kappa shape index (κ3) is 1.91. The Morgan fingerprint density at radius 3 is 2.83 bits per heavy atom. The number of rotatable bonds is 1. The van der Waals surface area contributed by atoms with E-state index >= 15 is 0 Å². The van der Waals surface area contributed by atoms with Gasteiger partial charge in [-0.3, -0.25) is 4.79 Å². The molecule has 3 rings (SSSR count). The van der Waals surface area contributed by atoms with Gasteiger partial charge in [0.2, 0.25) is 0 Å². The number of nitrogens with one attached hydrogen (secondary N) is 2. The summed E-state index contributed by atoms with van der Waals surface area (Å²) in [5.41, 5.74) is 2.43. The number of fused-ring (bicyclic) bond motifs is 1. The summed E-state index contributed by atoms with van der Waals surface area (Å²) in [5, 5.41) is 3.16. The molecule has 1 aliphatic heterocycles. The molecule has 6 nitrogen and oxygen atoms in total. The molecule has 0 saturated carbocycles. The smallest absolute Gasteiger partial charge is 0.255 e. The van der Waals surface area contributed by atoms with Crippen LogP contribution in [0.1, 0.15) is 16.8 Å². The topological polar surface area (TPSA) is 83.6 Å². The predicted molar refractivity (Wildman–Crippen MR) is 66.0 cm³/mol. The Morgan fingerprint density at radius 1 is 1.28 bits per heavy atom. The molecule has 0 radical (unpaired) electrons. The summed E-state index contributed by atoms with van der Waals surface area (Å²) in [6.07, 6.45) is 4.19. The highest BCUT2D eigenvalue weighted by molar-refractivity contribution is 5.43. The van der Waals surface area contributed by atoms with Gasteiger partial charge < -0.3 is 10.3 Å². The van der Waals surface area contributed by atoms with Gasteiger partial charge in [-0.15, -0.1) is 0 Å². The lowest BCUT2D eigenvalue weighted by molar-refractivity contribution is 0.621. The van der Waals surface area contributed by atoms with Gasteiger partial charge in [-0.1, -0.05) is 0 Å². The van der Waals surface area contributed by atoms with Crippen LogP contribution in [0.3, 0.4) is 0 Å². The molecule has 0 atom stereocenters. The monoisotopic (exact) mass is 243 g/mol. The van der Waals surface area contributed by atoms with Crippen molar-refractivity contribution in [2.24, 2.45) is 0 Å². The van der Waals surface area contributed by atoms with E-state index in [0.29, 0.717) is 18.2 Å². The highest BCUT2D eigenvalue weighted by Gasteiger charge is 2.16. The maximum Gasteiger partial charge on any atom is 0.255 e. The lowest BCUT2D eigenvalue weighted by atomic mass is 10.1. The van der Waals surface area contributed by atoms with Gasteiger partial charge in [0.15, 0.2) is 11.6 Å². The van der Waals surface area contributed by atoms with Crippen LogP contribution in [0.5, 0.6) is 0 Å². The van der Waals surface area contributed by atoms with Crippen molar-refractivity contribution in [3.05, 3.63) is 39.6 Å². The fourth-order valence-corrected chi connectivity index (χ4v) is 1.97. The van der Waals surface area contributed by atoms with Gasteiger partial charge in [-0.05, 0) is 12.5 Å². The molecule has 0 fully saturated rings. The van der Waals surface area contributed by atoms with E-state index < -0.39 is 0 Å². The molecule has 6 heteroatoms. The normalized spacial score (nSPS) is 14.3. The van der Waals surface area contributed by atoms with Crippen LogP contribution < -0.4 is 10.9 Å². The molecule has 92 valence electrons. The van der Waals surface area contributed by atoms with Crippen LogP contribution in [0, 0.1) is 6.92 Å². The zero-order chi connectivity index (χ0) is 12.5. The predicted octanol–water partition coefficient (Wildman–Crippen LogP) is 0.181. The van der Waals surface area contributed by atoms with E-state index in [-0.39, 0.29) is 5.56 Å². The lowest BCUT2D eigenvalue weighted by Crippen LogP contribution is -2.31. The summed E-state index contributed by atoms with van der Waals surface area (Å²) in [5.74, 6) is 0.902. The maximum absolute atomic E-state index is 11.9. The molecular formula is C12H13N5O. The Morgan fingerprint density at radius 2 is 2.06 bits per heavy atom. The Bertz CT molecular complexity index is 632. The van der Waals surface area contributed by atoms with E-state index in [1.54, 1.807) is 12.4 Å². The first-order chi connectivity index (χ1) is 8.74. The van der Waals surface area contributed by atoms with Gasteiger partial charge in [0, 0.05) is 31.9 Å². The second kappa shape index (κ2) is 4.30. The lowest BCUT2D eigenvalue weighted by Gasteiger charge is -2.15. The van der Waals surface area contributed by atoms with Crippen LogP contribution in [0.25, 0.3) is 11.6 Å².